The minimum atomic E-state index is -0.0660. The van der Waals surface area contributed by atoms with Crippen LogP contribution in [0.1, 0.15) is 11.1 Å². The van der Waals surface area contributed by atoms with Crippen molar-refractivity contribution >= 4 is 17.4 Å². The van der Waals surface area contributed by atoms with Gasteiger partial charge in [-0.25, -0.2) is 4.98 Å². The molecule has 31 heavy (non-hydrogen) atoms. The Kier molecular flexibility index (Phi) is 6.74. The molecule has 7 heteroatoms. The second-order valence-electron chi connectivity index (χ2n) is 7.60. The van der Waals surface area contributed by atoms with E-state index in [9.17, 15) is 4.79 Å². The number of piperazine rings is 1. The number of anilines is 2. The van der Waals surface area contributed by atoms with Crippen molar-refractivity contribution in [1.82, 2.24) is 14.9 Å². The fourth-order valence-electron chi connectivity index (χ4n) is 3.67. The van der Waals surface area contributed by atoms with Crippen LogP contribution in [0.4, 0.5) is 11.5 Å². The van der Waals surface area contributed by atoms with Crippen LogP contribution >= 0.6 is 0 Å². The molecule has 1 saturated heterocycles. The van der Waals surface area contributed by atoms with Crippen molar-refractivity contribution in [1.29, 1.82) is 0 Å². The molecule has 3 heterocycles. The van der Waals surface area contributed by atoms with Crippen LogP contribution in [0.3, 0.4) is 0 Å². The Morgan fingerprint density at radius 2 is 1.81 bits per heavy atom. The zero-order valence-electron chi connectivity index (χ0n) is 17.7. The molecule has 1 amide bonds. The molecule has 1 N–H and O–H groups in total. The monoisotopic (exact) mass is 417 g/mol. The predicted molar refractivity (Wildman–Crippen MR) is 121 cm³/mol. The van der Waals surface area contributed by atoms with Gasteiger partial charge in [-0.2, -0.15) is 0 Å². The van der Waals surface area contributed by atoms with Gasteiger partial charge in [-0.3, -0.25) is 14.7 Å². The largest absolute Gasteiger partial charge is 0.497 e. The lowest BCUT2D eigenvalue weighted by Gasteiger charge is -2.35. The van der Waals surface area contributed by atoms with Crippen LogP contribution in [0, 0.1) is 0 Å². The van der Waals surface area contributed by atoms with Gasteiger partial charge in [-0.1, -0.05) is 18.2 Å². The lowest BCUT2D eigenvalue weighted by Crippen LogP contribution is -2.46. The Morgan fingerprint density at radius 3 is 2.45 bits per heavy atom. The molecule has 3 aromatic rings. The van der Waals surface area contributed by atoms with Crippen LogP contribution in [-0.4, -0.2) is 54.1 Å². The molecule has 1 fully saturated rings. The van der Waals surface area contributed by atoms with Crippen molar-refractivity contribution in [2.75, 3.05) is 43.5 Å². The number of carbonyl (C=O) groups excluding carboxylic acids is 1. The van der Waals surface area contributed by atoms with Crippen LogP contribution in [-0.2, 0) is 17.8 Å². The molecule has 1 aliphatic heterocycles. The van der Waals surface area contributed by atoms with E-state index in [-0.39, 0.29) is 5.91 Å². The van der Waals surface area contributed by atoms with Gasteiger partial charge < -0.3 is 15.0 Å². The summed E-state index contributed by atoms with van der Waals surface area (Å²) in [6.45, 7) is 4.75. The Bertz CT molecular complexity index is 969. The summed E-state index contributed by atoms with van der Waals surface area (Å²) >= 11 is 0. The average molecular weight is 418 g/mol. The van der Waals surface area contributed by atoms with E-state index in [2.05, 4.69) is 31.2 Å². The Morgan fingerprint density at radius 1 is 1.00 bits per heavy atom. The van der Waals surface area contributed by atoms with E-state index in [4.69, 9.17) is 4.74 Å². The van der Waals surface area contributed by atoms with Gasteiger partial charge in [0.2, 0.25) is 5.91 Å². The smallest absolute Gasteiger partial charge is 0.228 e. The molecule has 0 saturated carbocycles. The summed E-state index contributed by atoms with van der Waals surface area (Å²) in [5.41, 5.74) is 2.88. The van der Waals surface area contributed by atoms with E-state index in [1.165, 1.54) is 5.56 Å². The van der Waals surface area contributed by atoms with Crippen molar-refractivity contribution in [2.45, 2.75) is 13.0 Å². The van der Waals surface area contributed by atoms with Gasteiger partial charge in [0.05, 0.1) is 25.4 Å². The molecule has 1 aromatic carbocycles. The summed E-state index contributed by atoms with van der Waals surface area (Å²) in [6, 6.07) is 15.5. The number of methoxy groups -OCH3 is 1. The van der Waals surface area contributed by atoms with Gasteiger partial charge >= 0.3 is 0 Å². The summed E-state index contributed by atoms with van der Waals surface area (Å²) in [4.78, 5) is 25.8. The maximum absolute atomic E-state index is 12.3. The standard InChI is InChI=1S/C24H27N5O2/c1-31-22-7-4-19(5-8-22)15-24(30)27-21-6-9-23(26-17-21)29-13-11-28(12-14-29)18-20-3-2-10-25-16-20/h2-10,16-17H,11-15,18H2,1H3,(H,27,30). The van der Waals surface area contributed by atoms with Gasteiger partial charge in [0.25, 0.3) is 0 Å². The summed E-state index contributed by atoms with van der Waals surface area (Å²) in [6.07, 6.45) is 5.77. The number of amides is 1. The third kappa shape index (κ3) is 5.79. The molecule has 160 valence electrons. The molecular weight excluding hydrogens is 390 g/mol. The lowest BCUT2D eigenvalue weighted by molar-refractivity contribution is -0.115. The molecule has 1 aliphatic rings. The number of nitrogens with zero attached hydrogens (tertiary/aromatic N) is 4. The molecular formula is C24H27N5O2. The average Bonchev–Trinajstić information content (AvgIpc) is 2.81. The summed E-state index contributed by atoms with van der Waals surface area (Å²) in [5, 5.41) is 2.92. The lowest BCUT2D eigenvalue weighted by atomic mass is 10.1. The fraction of sp³-hybridized carbons (Fsp3) is 0.292. The van der Waals surface area contributed by atoms with E-state index in [1.54, 1.807) is 19.5 Å². The third-order valence-corrected chi connectivity index (χ3v) is 5.38. The number of hydrogen-bond donors (Lipinski definition) is 1. The quantitative estimate of drug-likeness (QED) is 0.637. The predicted octanol–water partition coefficient (Wildman–Crippen LogP) is 2.99. The molecule has 4 rings (SSSR count). The molecule has 7 nitrogen and oxygen atoms in total. The van der Waals surface area contributed by atoms with Crippen LogP contribution < -0.4 is 15.0 Å². The maximum Gasteiger partial charge on any atom is 0.228 e. The minimum absolute atomic E-state index is 0.0660. The molecule has 0 spiro atoms. The van der Waals surface area contributed by atoms with E-state index < -0.39 is 0 Å². The fourth-order valence-corrected chi connectivity index (χ4v) is 3.67. The first-order valence-electron chi connectivity index (χ1n) is 10.4. The van der Waals surface area contributed by atoms with Crippen molar-refractivity contribution < 1.29 is 9.53 Å². The Labute approximate surface area is 182 Å². The molecule has 0 atom stereocenters. The highest BCUT2D eigenvalue weighted by atomic mass is 16.5. The zero-order chi connectivity index (χ0) is 21.5. The molecule has 0 bridgehead atoms. The number of carbonyl (C=O) groups is 1. The Balaban J connectivity index is 1.25. The van der Waals surface area contributed by atoms with Gasteiger partial charge in [-0.05, 0) is 41.5 Å². The first-order chi connectivity index (χ1) is 15.2. The highest BCUT2D eigenvalue weighted by Crippen LogP contribution is 2.18. The first kappa shape index (κ1) is 20.8. The molecule has 0 radical (unpaired) electrons. The molecule has 2 aromatic heterocycles. The Hall–Kier alpha value is -3.45. The normalized spacial score (nSPS) is 14.3. The SMILES string of the molecule is COc1ccc(CC(=O)Nc2ccc(N3CCN(Cc4cccnc4)CC3)nc2)cc1. The number of rotatable bonds is 7. The highest BCUT2D eigenvalue weighted by molar-refractivity contribution is 5.92. The van der Waals surface area contributed by atoms with Crippen LogP contribution in [0.15, 0.2) is 67.1 Å². The number of nitrogens with one attached hydrogen (secondary N) is 1. The van der Waals surface area contributed by atoms with E-state index in [0.717, 1.165) is 49.9 Å². The number of ether oxygens (including phenoxy) is 1. The van der Waals surface area contributed by atoms with Gasteiger partial charge in [0.1, 0.15) is 11.6 Å². The van der Waals surface area contributed by atoms with E-state index in [0.29, 0.717) is 12.1 Å². The van der Waals surface area contributed by atoms with Gasteiger partial charge in [0.15, 0.2) is 0 Å². The number of aromatic nitrogens is 2. The van der Waals surface area contributed by atoms with Crippen molar-refractivity contribution in [3.8, 4) is 5.75 Å². The van der Waals surface area contributed by atoms with Crippen LogP contribution in [0.2, 0.25) is 0 Å². The zero-order valence-corrected chi connectivity index (χ0v) is 17.7. The second kappa shape index (κ2) is 10.0. The summed E-state index contributed by atoms with van der Waals surface area (Å²) in [7, 11) is 1.63. The van der Waals surface area contributed by atoms with E-state index >= 15 is 0 Å². The first-order valence-corrected chi connectivity index (χ1v) is 10.4. The maximum atomic E-state index is 12.3. The van der Waals surface area contributed by atoms with Crippen molar-refractivity contribution in [3.63, 3.8) is 0 Å². The van der Waals surface area contributed by atoms with Crippen molar-refractivity contribution in [3.05, 3.63) is 78.2 Å². The molecule has 0 unspecified atom stereocenters. The highest BCUT2D eigenvalue weighted by Gasteiger charge is 2.18. The third-order valence-electron chi connectivity index (χ3n) is 5.38. The van der Waals surface area contributed by atoms with Gasteiger partial charge in [-0.15, -0.1) is 0 Å². The van der Waals surface area contributed by atoms with Gasteiger partial charge in [0, 0.05) is 45.1 Å². The van der Waals surface area contributed by atoms with Crippen molar-refractivity contribution in [2.24, 2.45) is 0 Å². The topological polar surface area (TPSA) is 70.6 Å². The summed E-state index contributed by atoms with van der Waals surface area (Å²) < 4.78 is 5.15. The molecule has 0 aliphatic carbocycles. The number of benzene rings is 1. The summed E-state index contributed by atoms with van der Waals surface area (Å²) in [5.74, 6) is 1.65. The van der Waals surface area contributed by atoms with Crippen LogP contribution in [0.5, 0.6) is 5.75 Å². The number of pyridine rings is 2. The van der Waals surface area contributed by atoms with E-state index in [1.807, 2.05) is 48.7 Å². The minimum Gasteiger partial charge on any atom is -0.497 e. The second-order valence-corrected chi connectivity index (χ2v) is 7.60. The number of hydrogen-bond acceptors (Lipinski definition) is 6. The van der Waals surface area contributed by atoms with Crippen LogP contribution in [0.25, 0.3) is 0 Å².